The van der Waals surface area contributed by atoms with Crippen LogP contribution >= 0.6 is 0 Å². The van der Waals surface area contributed by atoms with Gasteiger partial charge in [0.2, 0.25) is 0 Å². The molecule has 0 radical (unpaired) electrons. The molecule has 3 atom stereocenters. The number of fused-ring (bicyclic) bond motifs is 1. The molecule has 4 rings (SSSR count). The maximum atomic E-state index is 9.60. The lowest BCUT2D eigenvalue weighted by Crippen LogP contribution is -2.23. The van der Waals surface area contributed by atoms with Crippen molar-refractivity contribution in [3.05, 3.63) is 59.8 Å². The van der Waals surface area contributed by atoms with Gasteiger partial charge in [-0.1, -0.05) is 42.0 Å². The normalized spacial score (nSPS) is 25.7. The second-order valence-electron chi connectivity index (χ2n) is 6.84. The van der Waals surface area contributed by atoms with E-state index < -0.39 is 0 Å². The van der Waals surface area contributed by atoms with Crippen LogP contribution in [0.5, 0.6) is 0 Å². The third-order valence-electron chi connectivity index (χ3n) is 4.86. The molecule has 1 aliphatic heterocycles. The predicted octanol–water partition coefficient (Wildman–Crippen LogP) is 3.59. The first-order valence-electron chi connectivity index (χ1n) is 8.50. The molecule has 2 fully saturated rings. The number of hydrogen-bond donors (Lipinski definition) is 1. The Labute approximate surface area is 139 Å². The molecular weight excluding hydrogens is 284 g/mol. The van der Waals surface area contributed by atoms with Gasteiger partial charge in [-0.2, -0.15) is 0 Å². The second-order valence-corrected chi connectivity index (χ2v) is 6.84. The Kier molecular flexibility index (Phi) is 4.97. The van der Waals surface area contributed by atoms with Crippen LogP contribution < -0.4 is 4.90 Å². The fraction of sp³-hybridized carbons (Fsp3) is 0.450. The lowest BCUT2D eigenvalue weighted by atomic mass is 10.0. The maximum absolute atomic E-state index is 9.60. The highest BCUT2D eigenvalue weighted by molar-refractivity contribution is 5.41. The van der Waals surface area contributed by atoms with Crippen LogP contribution in [0.2, 0.25) is 0 Å². The average molecular weight is 310 g/mol. The van der Waals surface area contributed by atoms with Gasteiger partial charge in [-0.3, -0.25) is 0 Å². The monoisotopic (exact) mass is 310 g/mol. The largest absolute Gasteiger partial charge is 0.393 e. The highest BCUT2D eigenvalue weighted by Crippen LogP contribution is 2.39. The van der Waals surface area contributed by atoms with Gasteiger partial charge in [0.15, 0.2) is 0 Å². The molecule has 0 spiro atoms. The lowest BCUT2D eigenvalue weighted by molar-refractivity contribution is 0.174. The van der Waals surface area contributed by atoms with E-state index in [1.807, 2.05) is 31.2 Å². The van der Waals surface area contributed by atoms with Crippen LogP contribution in [0.3, 0.4) is 0 Å². The number of pyridine rings is 1. The summed E-state index contributed by atoms with van der Waals surface area (Å²) in [5, 5.41) is 9.60. The number of rotatable bonds is 1. The fourth-order valence-electron chi connectivity index (χ4n) is 3.69. The molecule has 1 unspecified atom stereocenters. The highest BCUT2D eigenvalue weighted by atomic mass is 16.3. The number of hydrogen-bond acceptors (Lipinski definition) is 3. The van der Waals surface area contributed by atoms with Gasteiger partial charge < -0.3 is 10.0 Å². The Morgan fingerprint density at radius 3 is 2.09 bits per heavy atom. The minimum absolute atomic E-state index is 0.0531. The van der Waals surface area contributed by atoms with Crippen LogP contribution in [0.15, 0.2) is 48.5 Å². The van der Waals surface area contributed by atoms with Gasteiger partial charge >= 0.3 is 0 Å². The van der Waals surface area contributed by atoms with Crippen molar-refractivity contribution in [1.29, 1.82) is 0 Å². The van der Waals surface area contributed by atoms with Crippen LogP contribution in [-0.2, 0) is 0 Å². The molecule has 1 saturated carbocycles. The molecule has 122 valence electrons. The molecular formula is C20H26N2O. The molecule has 3 nitrogen and oxygen atoms in total. The molecule has 1 aromatic heterocycles. The number of aliphatic hydroxyl groups excluding tert-OH is 1. The van der Waals surface area contributed by atoms with E-state index in [9.17, 15) is 5.11 Å². The van der Waals surface area contributed by atoms with Crippen LogP contribution in [0.1, 0.15) is 24.1 Å². The molecule has 3 heteroatoms. The van der Waals surface area contributed by atoms with Crippen molar-refractivity contribution in [3.63, 3.8) is 0 Å². The number of aliphatic hydroxyl groups is 1. The summed E-state index contributed by atoms with van der Waals surface area (Å²) in [4.78, 5) is 6.93. The predicted molar refractivity (Wildman–Crippen MR) is 94.6 cm³/mol. The molecule has 0 amide bonds. The fourth-order valence-corrected chi connectivity index (χ4v) is 3.69. The van der Waals surface area contributed by atoms with Crippen molar-refractivity contribution < 1.29 is 5.11 Å². The molecule has 0 bridgehead atoms. The number of anilines is 1. The van der Waals surface area contributed by atoms with Crippen molar-refractivity contribution >= 4 is 5.82 Å². The van der Waals surface area contributed by atoms with Gasteiger partial charge in [-0.25, -0.2) is 4.98 Å². The van der Waals surface area contributed by atoms with E-state index >= 15 is 0 Å². The smallest absolute Gasteiger partial charge is 0.128 e. The Morgan fingerprint density at radius 2 is 1.57 bits per heavy atom. The first-order chi connectivity index (χ1) is 11.1. The summed E-state index contributed by atoms with van der Waals surface area (Å²) in [5.74, 6) is 2.46. The zero-order valence-corrected chi connectivity index (χ0v) is 14.0. The summed E-state index contributed by atoms with van der Waals surface area (Å²) in [5.41, 5.74) is 2.40. The van der Waals surface area contributed by atoms with E-state index in [0.29, 0.717) is 11.8 Å². The summed E-state index contributed by atoms with van der Waals surface area (Å²) in [7, 11) is 0. The molecule has 2 aromatic rings. The third kappa shape index (κ3) is 4.11. The molecule has 2 aliphatic rings. The Morgan fingerprint density at radius 1 is 0.913 bits per heavy atom. The first-order valence-corrected chi connectivity index (χ1v) is 8.50. The Bertz CT molecular complexity index is 615. The molecule has 1 saturated heterocycles. The van der Waals surface area contributed by atoms with Crippen molar-refractivity contribution in [1.82, 2.24) is 4.98 Å². The summed E-state index contributed by atoms with van der Waals surface area (Å²) in [6, 6.07) is 16.5. The van der Waals surface area contributed by atoms with Gasteiger partial charge in [0, 0.05) is 18.8 Å². The van der Waals surface area contributed by atoms with Gasteiger partial charge in [0.25, 0.3) is 0 Å². The van der Waals surface area contributed by atoms with E-state index in [4.69, 9.17) is 0 Å². The molecule has 1 aliphatic carbocycles. The van der Waals surface area contributed by atoms with Crippen molar-refractivity contribution in [2.75, 3.05) is 18.0 Å². The van der Waals surface area contributed by atoms with E-state index in [-0.39, 0.29) is 6.10 Å². The second kappa shape index (κ2) is 7.14. The zero-order valence-electron chi connectivity index (χ0n) is 14.0. The first kappa shape index (κ1) is 16.0. The average Bonchev–Trinajstić information content (AvgIpc) is 3.06. The SMILES string of the molecule is Cc1cccc(N2C[C@H]3CC(O)C[C@H]3C2)n1.Cc1ccccc1. The lowest BCUT2D eigenvalue weighted by Gasteiger charge is -2.19. The standard InChI is InChI=1S/C13H18N2O.C7H8/c1-9-3-2-4-13(14-9)15-7-10-5-12(16)6-11(10)8-15;1-7-5-3-2-4-6-7/h2-4,10-12,16H,5-8H2,1H3;2-6H,1H3/t10-,11+,12?;. The number of benzene rings is 1. The minimum atomic E-state index is -0.0531. The maximum Gasteiger partial charge on any atom is 0.128 e. The van der Waals surface area contributed by atoms with Crippen molar-refractivity contribution in [2.45, 2.75) is 32.8 Å². The summed E-state index contributed by atoms with van der Waals surface area (Å²) in [6.45, 7) is 6.25. The van der Waals surface area contributed by atoms with E-state index in [1.54, 1.807) is 0 Å². The summed E-state index contributed by atoms with van der Waals surface area (Å²) < 4.78 is 0. The molecule has 23 heavy (non-hydrogen) atoms. The van der Waals surface area contributed by atoms with Gasteiger partial charge in [0.1, 0.15) is 5.82 Å². The van der Waals surface area contributed by atoms with E-state index in [0.717, 1.165) is 37.4 Å². The summed E-state index contributed by atoms with van der Waals surface area (Å²) in [6.07, 6.45) is 1.91. The van der Waals surface area contributed by atoms with Crippen LogP contribution in [0.25, 0.3) is 0 Å². The van der Waals surface area contributed by atoms with Crippen LogP contribution in [0.4, 0.5) is 5.82 Å². The van der Waals surface area contributed by atoms with Gasteiger partial charge in [-0.05, 0) is 50.7 Å². The Hall–Kier alpha value is -1.87. The van der Waals surface area contributed by atoms with Crippen LogP contribution in [0, 0.1) is 25.7 Å². The number of nitrogens with zero attached hydrogens (tertiary/aromatic N) is 2. The van der Waals surface area contributed by atoms with E-state index in [1.165, 1.54) is 5.56 Å². The summed E-state index contributed by atoms with van der Waals surface area (Å²) >= 11 is 0. The topological polar surface area (TPSA) is 36.4 Å². The quantitative estimate of drug-likeness (QED) is 0.874. The van der Waals surface area contributed by atoms with Crippen LogP contribution in [-0.4, -0.2) is 29.3 Å². The highest BCUT2D eigenvalue weighted by Gasteiger charge is 2.40. The van der Waals surface area contributed by atoms with Gasteiger partial charge in [0.05, 0.1) is 6.10 Å². The van der Waals surface area contributed by atoms with E-state index in [2.05, 4.69) is 41.1 Å². The van der Waals surface area contributed by atoms with Crippen molar-refractivity contribution in [3.8, 4) is 0 Å². The zero-order chi connectivity index (χ0) is 16.2. The minimum Gasteiger partial charge on any atom is -0.393 e. The molecule has 1 aromatic carbocycles. The molecule has 2 heterocycles. The number of aryl methyl sites for hydroxylation is 2. The number of aromatic nitrogens is 1. The van der Waals surface area contributed by atoms with Crippen molar-refractivity contribution in [2.24, 2.45) is 11.8 Å². The van der Waals surface area contributed by atoms with Gasteiger partial charge in [-0.15, -0.1) is 0 Å². The Balaban J connectivity index is 0.000000188. The third-order valence-corrected chi connectivity index (χ3v) is 4.86. The molecule has 1 N–H and O–H groups in total.